The highest BCUT2D eigenvalue weighted by molar-refractivity contribution is 7.85. The van der Waals surface area contributed by atoms with E-state index >= 15 is 0 Å². The molecule has 0 aliphatic carbocycles. The third-order valence-electron chi connectivity index (χ3n) is 7.33. The van der Waals surface area contributed by atoms with Gasteiger partial charge in [-0.2, -0.15) is 5.26 Å². The summed E-state index contributed by atoms with van der Waals surface area (Å²) in [5, 5.41) is 14.1. The highest BCUT2D eigenvalue weighted by Crippen LogP contribution is 2.50. The number of pyridine rings is 1. The standard InChI is InChI=1S/C30H12N4O2S/c1-32-21-13-18-26-19(12-16(14-31)24-17-8-2-3-11-23(17)37(36)28(21)27(24)26)30(35)34-22-10-5-7-15-6-4-9-20(25(15)22)33-29(18)34/h2-13H. The van der Waals surface area contributed by atoms with E-state index in [-0.39, 0.29) is 11.2 Å². The Kier molecular flexibility index (Phi) is 3.68. The van der Waals surface area contributed by atoms with E-state index in [0.717, 1.165) is 16.3 Å². The van der Waals surface area contributed by atoms with Crippen molar-refractivity contribution in [2.24, 2.45) is 0 Å². The lowest BCUT2D eigenvalue weighted by molar-refractivity contribution is 0.684. The number of nitrogens with zero attached hydrogens (tertiary/aromatic N) is 4. The second-order valence-electron chi connectivity index (χ2n) is 9.09. The van der Waals surface area contributed by atoms with Crippen LogP contribution in [0, 0.1) is 17.9 Å². The maximum absolute atomic E-state index is 14.2. The van der Waals surface area contributed by atoms with E-state index in [1.54, 1.807) is 28.7 Å². The zero-order valence-electron chi connectivity index (χ0n) is 18.9. The summed E-state index contributed by atoms with van der Waals surface area (Å²) in [7, 11) is -1.65. The third kappa shape index (κ3) is 2.30. The first-order chi connectivity index (χ1) is 18.1. The average Bonchev–Trinajstić information content (AvgIpc) is 2.94. The van der Waals surface area contributed by atoms with Crippen LogP contribution in [0.2, 0.25) is 0 Å². The zero-order chi connectivity index (χ0) is 25.0. The lowest BCUT2D eigenvalue weighted by Gasteiger charge is -2.24. The summed E-state index contributed by atoms with van der Waals surface area (Å²) >= 11 is 0. The molecule has 3 heterocycles. The van der Waals surface area contributed by atoms with Crippen molar-refractivity contribution in [3.05, 3.63) is 100 Å². The van der Waals surface area contributed by atoms with Crippen LogP contribution in [0.15, 0.2) is 87.4 Å². The molecule has 0 N–H and O–H groups in total. The Labute approximate surface area is 211 Å². The maximum atomic E-state index is 14.2. The first-order valence-electron chi connectivity index (χ1n) is 11.5. The smallest absolute Gasteiger partial charge is 0.264 e. The van der Waals surface area contributed by atoms with E-state index in [1.165, 1.54) is 0 Å². The zero-order valence-corrected chi connectivity index (χ0v) is 19.8. The summed E-state index contributed by atoms with van der Waals surface area (Å²) < 4.78 is 15.4. The molecule has 0 fully saturated rings. The minimum absolute atomic E-state index is 0.228. The fourth-order valence-corrected chi connectivity index (χ4v) is 7.36. The Morgan fingerprint density at radius 3 is 2.57 bits per heavy atom. The Bertz CT molecular complexity index is 2370. The Balaban J connectivity index is 1.76. The lowest BCUT2D eigenvalue weighted by atomic mass is 9.89. The van der Waals surface area contributed by atoms with Gasteiger partial charge in [0, 0.05) is 27.3 Å². The molecular weight excluding hydrogens is 480 g/mol. The first kappa shape index (κ1) is 20.1. The Hall–Kier alpha value is -5.11. The van der Waals surface area contributed by atoms with Crippen LogP contribution in [0.25, 0.3) is 65.0 Å². The second kappa shape index (κ2) is 6.76. The molecule has 0 radical (unpaired) electrons. The third-order valence-corrected chi connectivity index (χ3v) is 8.87. The van der Waals surface area contributed by atoms with Gasteiger partial charge in [0.1, 0.15) is 5.65 Å². The number of aromatic nitrogens is 2. The minimum Gasteiger partial charge on any atom is -0.268 e. The molecule has 1 unspecified atom stereocenters. The van der Waals surface area contributed by atoms with Gasteiger partial charge in [0.05, 0.1) is 55.2 Å². The number of nitriles is 1. The molecule has 0 saturated heterocycles. The van der Waals surface area contributed by atoms with Gasteiger partial charge in [0.25, 0.3) is 5.56 Å². The molecule has 0 saturated carbocycles. The predicted molar refractivity (Wildman–Crippen MR) is 144 cm³/mol. The summed E-state index contributed by atoms with van der Waals surface area (Å²) in [5.74, 6) is 0. The molecule has 0 bridgehead atoms. The molecule has 37 heavy (non-hydrogen) atoms. The molecule has 1 atom stereocenters. The van der Waals surface area contributed by atoms with Crippen molar-refractivity contribution in [2.75, 3.05) is 0 Å². The summed E-state index contributed by atoms with van der Waals surface area (Å²) in [5.41, 5.74) is 3.41. The van der Waals surface area contributed by atoms with E-state index < -0.39 is 10.8 Å². The molecule has 5 aromatic carbocycles. The maximum Gasteiger partial charge on any atom is 0.264 e. The van der Waals surface area contributed by atoms with Gasteiger partial charge in [-0.1, -0.05) is 42.5 Å². The fourth-order valence-electron chi connectivity index (χ4n) is 5.89. The molecular formula is C30H12N4O2S. The molecule has 170 valence electrons. The highest BCUT2D eigenvalue weighted by atomic mass is 32.2. The van der Waals surface area contributed by atoms with Crippen LogP contribution in [-0.2, 0) is 10.8 Å². The van der Waals surface area contributed by atoms with Crippen LogP contribution in [-0.4, -0.2) is 13.6 Å². The van der Waals surface area contributed by atoms with Crippen molar-refractivity contribution in [2.45, 2.75) is 9.79 Å². The van der Waals surface area contributed by atoms with Gasteiger partial charge in [0.2, 0.25) is 5.69 Å². The summed E-state index contributed by atoms with van der Waals surface area (Å²) in [6, 6.07) is 24.4. The van der Waals surface area contributed by atoms with Gasteiger partial charge in [-0.3, -0.25) is 13.4 Å². The van der Waals surface area contributed by atoms with Gasteiger partial charge in [-0.15, -0.1) is 0 Å². The van der Waals surface area contributed by atoms with Crippen LogP contribution < -0.4 is 5.56 Å². The van der Waals surface area contributed by atoms with E-state index in [4.69, 9.17) is 11.6 Å². The topological polar surface area (TPSA) is 79.6 Å². The second-order valence-corrected chi connectivity index (χ2v) is 10.5. The van der Waals surface area contributed by atoms with Crippen LogP contribution in [0.3, 0.4) is 0 Å². The number of rotatable bonds is 0. The van der Waals surface area contributed by atoms with Gasteiger partial charge in [-0.25, -0.2) is 9.83 Å². The van der Waals surface area contributed by atoms with Crippen molar-refractivity contribution >= 4 is 65.5 Å². The largest absolute Gasteiger partial charge is 0.268 e. The fraction of sp³-hybridized carbons (Fsp3) is 0. The van der Waals surface area contributed by atoms with Gasteiger partial charge >= 0.3 is 0 Å². The molecule has 7 aromatic rings. The summed E-state index contributed by atoms with van der Waals surface area (Å²) in [6.07, 6.45) is 0. The van der Waals surface area contributed by atoms with Crippen LogP contribution in [0.5, 0.6) is 0 Å². The SMILES string of the molecule is [C-]#[N+]c1cc2c3c4c(c(C#N)cc3c(=O)n3c5cccc6cccc(nc23)c65)-c2ccccc2S(=O)c14. The summed E-state index contributed by atoms with van der Waals surface area (Å²) in [6.45, 7) is 7.96. The number of hydrogen-bond donors (Lipinski definition) is 0. The van der Waals surface area contributed by atoms with Gasteiger partial charge in [0.15, 0.2) is 0 Å². The van der Waals surface area contributed by atoms with Crippen LogP contribution >= 0.6 is 0 Å². The number of hydrogen-bond acceptors (Lipinski definition) is 4. The molecule has 0 amide bonds. The van der Waals surface area contributed by atoms with Crippen molar-refractivity contribution in [3.8, 4) is 17.2 Å². The van der Waals surface area contributed by atoms with Crippen molar-refractivity contribution in [1.82, 2.24) is 9.38 Å². The molecule has 2 aromatic heterocycles. The number of benzene rings is 5. The van der Waals surface area contributed by atoms with Crippen LogP contribution in [0.4, 0.5) is 5.69 Å². The normalized spacial score (nSPS) is 14.4. The predicted octanol–water partition coefficient (Wildman–Crippen LogP) is 6.31. The van der Waals surface area contributed by atoms with Crippen LogP contribution in [0.1, 0.15) is 5.56 Å². The van der Waals surface area contributed by atoms with Crippen molar-refractivity contribution < 1.29 is 4.21 Å². The molecule has 1 aliphatic rings. The van der Waals surface area contributed by atoms with Gasteiger partial charge in [-0.05, 0) is 41.1 Å². The van der Waals surface area contributed by atoms with Gasteiger partial charge < -0.3 is 0 Å². The molecule has 8 rings (SSSR count). The van der Waals surface area contributed by atoms with Crippen molar-refractivity contribution in [3.63, 3.8) is 0 Å². The Morgan fingerprint density at radius 2 is 1.76 bits per heavy atom. The monoisotopic (exact) mass is 492 g/mol. The summed E-state index contributed by atoms with van der Waals surface area (Å²) in [4.78, 5) is 23.8. The number of fused-ring (bicyclic) bond motifs is 5. The first-order valence-corrected chi connectivity index (χ1v) is 12.7. The van der Waals surface area contributed by atoms with E-state index in [0.29, 0.717) is 59.2 Å². The quantitative estimate of drug-likeness (QED) is 0.141. The average molecular weight is 493 g/mol. The molecule has 6 nitrogen and oxygen atoms in total. The molecule has 0 spiro atoms. The van der Waals surface area contributed by atoms with E-state index in [2.05, 4.69) is 10.9 Å². The Morgan fingerprint density at radius 1 is 0.946 bits per heavy atom. The minimum atomic E-state index is -1.65. The van der Waals surface area contributed by atoms with E-state index in [9.17, 15) is 14.3 Å². The highest BCUT2D eigenvalue weighted by Gasteiger charge is 2.32. The molecule has 1 aliphatic heterocycles. The molecule has 7 heteroatoms. The van der Waals surface area contributed by atoms with Crippen molar-refractivity contribution in [1.29, 1.82) is 5.26 Å². The van der Waals surface area contributed by atoms with E-state index in [1.807, 2.05) is 48.5 Å². The lowest BCUT2D eigenvalue weighted by Crippen LogP contribution is -2.18.